The maximum atomic E-state index is 14.9. The first-order valence-electron chi connectivity index (χ1n) is 7.86. The lowest BCUT2D eigenvalue weighted by Gasteiger charge is -2.34. The number of aromatic nitrogens is 2. The maximum absolute atomic E-state index is 14.9. The molecular weight excluding hydrogens is 335 g/mol. The van der Waals surface area contributed by atoms with Crippen LogP contribution in [0.25, 0.3) is 0 Å². The number of ether oxygens (including phenoxy) is 1. The molecule has 0 radical (unpaired) electrons. The highest BCUT2D eigenvalue weighted by atomic mass is 28.4. The number of aromatic amines is 1. The molecule has 1 aromatic heterocycles. The summed E-state index contributed by atoms with van der Waals surface area (Å²) in [6, 6.07) is 1.14. The van der Waals surface area contributed by atoms with E-state index in [-0.39, 0.29) is 18.1 Å². The lowest BCUT2D eigenvalue weighted by molar-refractivity contribution is -0.0614. The molecule has 2 N–H and O–H groups in total. The van der Waals surface area contributed by atoms with Gasteiger partial charge in [-0.05, 0) is 13.5 Å². The highest BCUT2D eigenvalue weighted by molar-refractivity contribution is 6.67. The van der Waals surface area contributed by atoms with Gasteiger partial charge >= 0.3 is 14.3 Å². The fourth-order valence-electron chi connectivity index (χ4n) is 2.46. The maximum Gasteiger partial charge on any atom is 0.337 e. The van der Waals surface area contributed by atoms with Crippen LogP contribution in [0.3, 0.4) is 0 Å². The first kappa shape index (κ1) is 19.0. The third kappa shape index (κ3) is 3.85. The van der Waals surface area contributed by atoms with Gasteiger partial charge in [0.2, 0.25) is 0 Å². The van der Waals surface area contributed by atoms with Crippen molar-refractivity contribution in [2.24, 2.45) is 0 Å². The summed E-state index contributed by atoms with van der Waals surface area (Å²) in [5.74, 6) is 0. The van der Waals surface area contributed by atoms with Crippen LogP contribution in [0.15, 0.2) is 21.9 Å². The van der Waals surface area contributed by atoms with E-state index in [4.69, 9.17) is 9.16 Å². The Morgan fingerprint density at radius 1 is 1.54 bits per heavy atom. The van der Waals surface area contributed by atoms with Crippen molar-refractivity contribution in [3.63, 3.8) is 0 Å². The summed E-state index contributed by atoms with van der Waals surface area (Å²) in [4.78, 5) is 35.6. The molecule has 4 atom stereocenters. The minimum Gasteiger partial charge on any atom is -0.410 e. The van der Waals surface area contributed by atoms with Crippen molar-refractivity contribution < 1.29 is 18.3 Å². The molecule has 2 rings (SSSR count). The molecule has 1 unspecified atom stereocenters. The van der Waals surface area contributed by atoms with Gasteiger partial charge in [0.1, 0.15) is 0 Å². The third-order valence-corrected chi connectivity index (χ3v) is 8.02. The fourth-order valence-corrected chi connectivity index (χ4v) is 3.40. The topological polar surface area (TPSA) is 93.5 Å². The molecule has 1 fully saturated rings. The van der Waals surface area contributed by atoms with Crippen LogP contribution >= 0.6 is 0 Å². The average molecular weight is 360 g/mol. The molecule has 9 heteroatoms. The number of hydrogen-bond donors (Lipinski definition) is 2. The van der Waals surface area contributed by atoms with Gasteiger partial charge in [-0.25, -0.2) is 9.18 Å². The number of halogens is 1. The van der Waals surface area contributed by atoms with Crippen LogP contribution in [0.2, 0.25) is 11.6 Å². The van der Waals surface area contributed by atoms with Crippen LogP contribution in [0.1, 0.15) is 40.3 Å². The quantitative estimate of drug-likeness (QED) is 0.793. The normalized spacial score (nSPS) is 30.3. The van der Waals surface area contributed by atoms with Gasteiger partial charge in [-0.2, -0.15) is 0 Å². The van der Waals surface area contributed by atoms with Crippen LogP contribution in [-0.2, 0) is 9.16 Å². The van der Waals surface area contributed by atoms with Crippen molar-refractivity contribution in [1.82, 2.24) is 9.55 Å². The molecule has 0 spiro atoms. The largest absolute Gasteiger partial charge is 0.410 e. The van der Waals surface area contributed by atoms with Crippen LogP contribution in [-0.4, -0.2) is 41.3 Å². The smallest absolute Gasteiger partial charge is 0.337 e. The number of H-pyrrole nitrogens is 1. The van der Waals surface area contributed by atoms with Crippen LogP contribution < -0.4 is 11.2 Å². The Hall–Kier alpha value is -1.29. The van der Waals surface area contributed by atoms with Crippen LogP contribution in [0.5, 0.6) is 0 Å². The van der Waals surface area contributed by atoms with Crippen molar-refractivity contribution >= 4 is 8.56 Å². The van der Waals surface area contributed by atoms with E-state index in [1.165, 1.54) is 13.1 Å². The molecule has 2 heterocycles. The zero-order valence-corrected chi connectivity index (χ0v) is 15.6. The monoisotopic (exact) mass is 360 g/mol. The van der Waals surface area contributed by atoms with Crippen molar-refractivity contribution in [3.8, 4) is 0 Å². The summed E-state index contributed by atoms with van der Waals surface area (Å²) in [5, 5.41) is -0.389. The number of nitrogens with one attached hydrogen (secondary N) is 1. The first-order valence-corrected chi connectivity index (χ1v) is 10.2. The van der Waals surface area contributed by atoms with E-state index in [2.05, 4.69) is 4.98 Å². The van der Waals surface area contributed by atoms with Crippen LogP contribution in [0, 0.1) is 0 Å². The van der Waals surface area contributed by atoms with Crippen molar-refractivity contribution in [2.45, 2.75) is 63.7 Å². The Bertz CT molecular complexity index is 707. The lowest BCUT2D eigenvalue weighted by atomic mass is 10.0. The second-order valence-electron chi connectivity index (χ2n) is 7.65. The van der Waals surface area contributed by atoms with Gasteiger partial charge in [0, 0.05) is 23.7 Å². The SMILES string of the molecule is CC(C)(C)[Si](C)(O)OC[C@@H]1C[C@@](C)(F)[C@H](n2ccc(=O)[nH]c2=O)O1. The second kappa shape index (κ2) is 6.21. The molecule has 0 aromatic carbocycles. The van der Waals surface area contributed by atoms with Gasteiger partial charge in [0.15, 0.2) is 11.9 Å². The lowest BCUT2D eigenvalue weighted by Crippen LogP contribution is -2.46. The summed E-state index contributed by atoms with van der Waals surface area (Å²) in [5.41, 5.74) is -3.08. The zero-order valence-electron chi connectivity index (χ0n) is 14.6. The Kier molecular flexibility index (Phi) is 4.93. The predicted molar refractivity (Wildman–Crippen MR) is 88.9 cm³/mol. The molecule has 0 aliphatic carbocycles. The van der Waals surface area contributed by atoms with Gasteiger partial charge in [-0.3, -0.25) is 14.3 Å². The van der Waals surface area contributed by atoms with E-state index in [0.29, 0.717) is 0 Å². The number of alkyl halides is 1. The number of rotatable bonds is 4. The molecule has 7 nitrogen and oxygen atoms in total. The summed E-state index contributed by atoms with van der Waals surface area (Å²) in [6.07, 6.45) is -0.507. The molecular formula is C15H25FN2O5Si. The van der Waals surface area contributed by atoms with E-state index >= 15 is 0 Å². The summed E-state index contributed by atoms with van der Waals surface area (Å²) in [6.45, 7) is 8.73. The molecule has 0 amide bonds. The predicted octanol–water partition coefficient (Wildman–Crippen LogP) is 1.43. The second-order valence-corrected chi connectivity index (χ2v) is 11.4. The van der Waals surface area contributed by atoms with E-state index in [0.717, 1.165) is 10.6 Å². The van der Waals surface area contributed by atoms with E-state index in [1.54, 1.807) is 6.55 Å². The molecule has 0 bridgehead atoms. The van der Waals surface area contributed by atoms with E-state index < -0.39 is 37.8 Å². The molecule has 136 valence electrons. The standard InChI is InChI=1S/C15H25FN2O5Si/c1-14(2,3)24(5,21)22-9-10-8-15(4,16)12(23-10)18-7-6-11(19)17-13(18)20/h6-7,10,12,21H,8-9H2,1-5H3,(H,17,19,20)/t10-,12+,15+,24?/m0/s1. The van der Waals surface area contributed by atoms with Gasteiger partial charge < -0.3 is 14.0 Å². The molecule has 1 aliphatic rings. The summed E-state index contributed by atoms with van der Waals surface area (Å²) < 4.78 is 27.2. The number of hydrogen-bond acceptors (Lipinski definition) is 5. The van der Waals surface area contributed by atoms with Crippen molar-refractivity contribution in [1.29, 1.82) is 0 Å². The van der Waals surface area contributed by atoms with Gasteiger partial charge in [0.25, 0.3) is 5.56 Å². The minimum atomic E-state index is -2.96. The van der Waals surface area contributed by atoms with Gasteiger partial charge in [0.05, 0.1) is 12.7 Å². The van der Waals surface area contributed by atoms with Crippen molar-refractivity contribution in [2.75, 3.05) is 6.61 Å². The van der Waals surface area contributed by atoms with Gasteiger partial charge in [-0.15, -0.1) is 0 Å². The number of nitrogens with zero attached hydrogens (tertiary/aromatic N) is 1. The summed E-state index contributed by atoms with van der Waals surface area (Å²) in [7, 11) is -2.96. The Morgan fingerprint density at radius 3 is 2.71 bits per heavy atom. The van der Waals surface area contributed by atoms with E-state index in [9.17, 15) is 18.8 Å². The average Bonchev–Trinajstić information content (AvgIpc) is 2.70. The molecule has 1 saturated heterocycles. The highest BCUT2D eigenvalue weighted by Gasteiger charge is 2.49. The first-order chi connectivity index (χ1) is 10.8. The van der Waals surface area contributed by atoms with Crippen molar-refractivity contribution in [3.05, 3.63) is 33.1 Å². The minimum absolute atomic E-state index is 0.0257. The molecule has 1 aromatic rings. The molecule has 24 heavy (non-hydrogen) atoms. The highest BCUT2D eigenvalue weighted by Crippen LogP contribution is 2.41. The Balaban J connectivity index is 2.13. The molecule has 0 saturated carbocycles. The Labute approximate surface area is 140 Å². The third-order valence-electron chi connectivity index (χ3n) is 4.51. The van der Waals surface area contributed by atoms with Crippen LogP contribution in [0.4, 0.5) is 4.39 Å². The molecule has 1 aliphatic heterocycles. The van der Waals surface area contributed by atoms with E-state index in [1.807, 2.05) is 20.8 Å². The summed E-state index contributed by atoms with van der Waals surface area (Å²) >= 11 is 0. The van der Waals surface area contributed by atoms with Gasteiger partial charge in [-0.1, -0.05) is 20.8 Å². The Morgan fingerprint density at radius 2 is 2.17 bits per heavy atom. The fraction of sp³-hybridized carbons (Fsp3) is 0.733. The zero-order chi connectivity index (χ0) is 18.3.